The monoisotopic (exact) mass is 333 g/mol. The van der Waals surface area contributed by atoms with E-state index in [2.05, 4.69) is 16.3 Å². The summed E-state index contributed by atoms with van der Waals surface area (Å²) in [5.41, 5.74) is 5.51. The van der Waals surface area contributed by atoms with Crippen molar-refractivity contribution in [2.75, 3.05) is 18.1 Å². The van der Waals surface area contributed by atoms with Gasteiger partial charge in [-0.05, 0) is 22.9 Å². The summed E-state index contributed by atoms with van der Waals surface area (Å²) in [5.74, 6) is 1.24. The van der Waals surface area contributed by atoms with E-state index in [0.717, 1.165) is 15.5 Å². The Bertz CT molecular complexity index is 763. The van der Waals surface area contributed by atoms with Crippen molar-refractivity contribution < 1.29 is 9.84 Å². The Morgan fingerprint density at radius 2 is 2.00 bits per heavy atom. The van der Waals surface area contributed by atoms with E-state index in [9.17, 15) is 5.11 Å². The summed E-state index contributed by atoms with van der Waals surface area (Å²) in [6.45, 7) is 0.236. The molecule has 0 saturated carbocycles. The van der Waals surface area contributed by atoms with Crippen LogP contribution >= 0.6 is 23.1 Å². The SMILES string of the molecule is Nc1nnc(SCC(O)COc2ccc3ccccc3c2)s1. The van der Waals surface area contributed by atoms with Crippen molar-refractivity contribution in [3.8, 4) is 5.75 Å². The van der Waals surface area contributed by atoms with E-state index in [1.165, 1.54) is 28.5 Å². The molecule has 1 aromatic heterocycles. The summed E-state index contributed by atoms with van der Waals surface area (Å²) in [6.07, 6.45) is -0.582. The third kappa shape index (κ3) is 3.88. The molecule has 3 rings (SSSR count). The highest BCUT2D eigenvalue weighted by Crippen LogP contribution is 2.24. The maximum absolute atomic E-state index is 9.97. The molecule has 22 heavy (non-hydrogen) atoms. The van der Waals surface area contributed by atoms with Crippen LogP contribution in [0.2, 0.25) is 0 Å². The number of fused-ring (bicyclic) bond motifs is 1. The molecule has 0 radical (unpaired) electrons. The van der Waals surface area contributed by atoms with Crippen molar-refractivity contribution in [3.05, 3.63) is 42.5 Å². The van der Waals surface area contributed by atoms with Gasteiger partial charge in [0.2, 0.25) is 5.13 Å². The Morgan fingerprint density at radius 1 is 1.18 bits per heavy atom. The zero-order valence-corrected chi connectivity index (χ0v) is 13.3. The average Bonchev–Trinajstić information content (AvgIpc) is 2.96. The molecule has 5 nitrogen and oxygen atoms in total. The van der Waals surface area contributed by atoms with Gasteiger partial charge in [-0.1, -0.05) is 53.4 Å². The number of aromatic nitrogens is 2. The number of aliphatic hydroxyl groups is 1. The predicted molar refractivity (Wildman–Crippen MR) is 90.5 cm³/mol. The number of hydrogen-bond donors (Lipinski definition) is 2. The summed E-state index contributed by atoms with van der Waals surface area (Å²) < 4.78 is 6.40. The first-order valence-corrected chi connectivity index (χ1v) is 8.52. The van der Waals surface area contributed by atoms with Gasteiger partial charge in [-0.15, -0.1) is 10.2 Å². The molecule has 0 aliphatic heterocycles. The van der Waals surface area contributed by atoms with E-state index in [1.807, 2.05) is 36.4 Å². The van der Waals surface area contributed by atoms with Gasteiger partial charge < -0.3 is 15.6 Å². The minimum absolute atomic E-state index is 0.236. The summed E-state index contributed by atoms with van der Waals surface area (Å²) in [6, 6.07) is 14.0. The van der Waals surface area contributed by atoms with E-state index in [-0.39, 0.29) is 6.61 Å². The van der Waals surface area contributed by atoms with Crippen LogP contribution in [-0.2, 0) is 0 Å². The Balaban J connectivity index is 1.52. The number of nitrogens with two attached hydrogens (primary N) is 1. The molecule has 7 heteroatoms. The van der Waals surface area contributed by atoms with Crippen molar-refractivity contribution in [1.82, 2.24) is 10.2 Å². The van der Waals surface area contributed by atoms with Crippen LogP contribution in [0.4, 0.5) is 5.13 Å². The Labute approximate surface area is 136 Å². The van der Waals surface area contributed by atoms with Gasteiger partial charge in [0, 0.05) is 5.75 Å². The van der Waals surface area contributed by atoms with Crippen molar-refractivity contribution in [2.24, 2.45) is 0 Å². The lowest BCUT2D eigenvalue weighted by Crippen LogP contribution is -2.20. The van der Waals surface area contributed by atoms with Gasteiger partial charge in [0.05, 0.1) is 6.10 Å². The fourth-order valence-electron chi connectivity index (χ4n) is 1.94. The molecule has 1 heterocycles. The molecular formula is C15H15N3O2S2. The van der Waals surface area contributed by atoms with Crippen LogP contribution in [0.1, 0.15) is 0 Å². The lowest BCUT2D eigenvalue weighted by atomic mass is 10.1. The van der Waals surface area contributed by atoms with Crippen LogP contribution in [0.5, 0.6) is 5.75 Å². The molecule has 0 aliphatic carbocycles. The molecule has 0 saturated heterocycles. The van der Waals surface area contributed by atoms with Crippen molar-refractivity contribution in [2.45, 2.75) is 10.4 Å². The Hall–Kier alpha value is -1.83. The van der Waals surface area contributed by atoms with Gasteiger partial charge in [-0.2, -0.15) is 0 Å². The predicted octanol–water partition coefficient (Wildman–Crippen LogP) is 2.81. The average molecular weight is 333 g/mol. The zero-order chi connectivity index (χ0) is 15.4. The van der Waals surface area contributed by atoms with E-state index < -0.39 is 6.10 Å². The summed E-state index contributed by atoms with van der Waals surface area (Å²) in [7, 11) is 0. The number of nitrogen functional groups attached to an aromatic ring is 1. The van der Waals surface area contributed by atoms with Crippen molar-refractivity contribution in [1.29, 1.82) is 0 Å². The van der Waals surface area contributed by atoms with Gasteiger partial charge in [0.15, 0.2) is 4.34 Å². The third-order valence-corrected chi connectivity index (χ3v) is 5.02. The lowest BCUT2D eigenvalue weighted by molar-refractivity contribution is 0.126. The second kappa shape index (κ2) is 6.95. The summed E-state index contributed by atoms with van der Waals surface area (Å²) in [5, 5.41) is 20.3. The van der Waals surface area contributed by atoms with Crippen LogP contribution in [0.15, 0.2) is 46.8 Å². The maximum Gasteiger partial charge on any atom is 0.203 e. The number of ether oxygens (including phenoxy) is 1. The van der Waals surface area contributed by atoms with Crippen LogP contribution < -0.4 is 10.5 Å². The molecule has 0 amide bonds. The maximum atomic E-state index is 9.97. The molecule has 3 N–H and O–H groups in total. The van der Waals surface area contributed by atoms with Gasteiger partial charge in [0.25, 0.3) is 0 Å². The van der Waals surface area contributed by atoms with Crippen molar-refractivity contribution >= 4 is 39.0 Å². The van der Waals surface area contributed by atoms with E-state index in [1.54, 1.807) is 0 Å². The highest BCUT2D eigenvalue weighted by molar-refractivity contribution is 8.01. The summed E-state index contributed by atoms with van der Waals surface area (Å²) in [4.78, 5) is 0. The van der Waals surface area contributed by atoms with E-state index >= 15 is 0 Å². The van der Waals surface area contributed by atoms with Gasteiger partial charge in [0.1, 0.15) is 12.4 Å². The molecule has 3 aromatic rings. The number of hydrogen-bond acceptors (Lipinski definition) is 7. The van der Waals surface area contributed by atoms with Gasteiger partial charge >= 0.3 is 0 Å². The molecule has 0 bridgehead atoms. The number of benzene rings is 2. The molecular weight excluding hydrogens is 318 g/mol. The second-order valence-corrected chi connectivity index (χ2v) is 6.97. The number of rotatable bonds is 6. The second-order valence-electron chi connectivity index (χ2n) is 4.69. The number of aliphatic hydroxyl groups excluding tert-OH is 1. The number of thioether (sulfide) groups is 1. The first-order chi connectivity index (χ1) is 10.7. The fraction of sp³-hybridized carbons (Fsp3) is 0.200. The van der Waals surface area contributed by atoms with Gasteiger partial charge in [-0.3, -0.25) is 0 Å². The fourth-order valence-corrected chi connectivity index (χ4v) is 3.51. The smallest absolute Gasteiger partial charge is 0.203 e. The molecule has 2 aromatic carbocycles. The molecule has 0 spiro atoms. The highest BCUT2D eigenvalue weighted by atomic mass is 32.2. The quantitative estimate of drug-likeness (QED) is 0.675. The van der Waals surface area contributed by atoms with Crippen LogP contribution in [-0.4, -0.2) is 33.8 Å². The molecule has 114 valence electrons. The molecule has 1 atom stereocenters. The zero-order valence-electron chi connectivity index (χ0n) is 11.7. The number of anilines is 1. The normalized spacial score (nSPS) is 12.4. The Morgan fingerprint density at radius 3 is 2.77 bits per heavy atom. The largest absolute Gasteiger partial charge is 0.491 e. The molecule has 1 unspecified atom stereocenters. The number of nitrogens with zero attached hydrogens (tertiary/aromatic N) is 2. The Kier molecular flexibility index (Phi) is 4.77. The van der Waals surface area contributed by atoms with Crippen molar-refractivity contribution in [3.63, 3.8) is 0 Å². The summed E-state index contributed by atoms with van der Waals surface area (Å²) >= 11 is 2.73. The van der Waals surface area contributed by atoms with Gasteiger partial charge in [-0.25, -0.2) is 0 Å². The minimum Gasteiger partial charge on any atom is -0.491 e. The first kappa shape index (κ1) is 15.1. The van der Waals surface area contributed by atoms with E-state index in [0.29, 0.717) is 10.9 Å². The topological polar surface area (TPSA) is 81.3 Å². The standard InChI is InChI=1S/C15H15N3O2S2/c16-14-17-18-15(22-14)21-9-12(19)8-20-13-6-5-10-3-1-2-4-11(10)7-13/h1-7,12,19H,8-9H2,(H2,16,17). The first-order valence-electron chi connectivity index (χ1n) is 6.72. The van der Waals surface area contributed by atoms with Crippen LogP contribution in [0.3, 0.4) is 0 Å². The molecule has 0 fully saturated rings. The molecule has 0 aliphatic rings. The van der Waals surface area contributed by atoms with Crippen LogP contribution in [0.25, 0.3) is 10.8 Å². The van der Waals surface area contributed by atoms with Crippen LogP contribution in [0, 0.1) is 0 Å². The minimum atomic E-state index is -0.582. The lowest BCUT2D eigenvalue weighted by Gasteiger charge is -2.11. The van der Waals surface area contributed by atoms with E-state index in [4.69, 9.17) is 10.5 Å². The highest BCUT2D eigenvalue weighted by Gasteiger charge is 2.09. The third-order valence-electron chi connectivity index (χ3n) is 2.98.